The molecule has 2 aliphatic rings. The molecule has 2 saturated heterocycles. The van der Waals surface area contributed by atoms with Crippen LogP contribution in [0.25, 0.3) is 0 Å². The van der Waals surface area contributed by atoms with E-state index in [1.807, 2.05) is 12.1 Å². The molecule has 6 nitrogen and oxygen atoms in total. The summed E-state index contributed by atoms with van der Waals surface area (Å²) in [4.78, 5) is 21.8. The molecule has 1 amide bonds. The number of hydrogen-bond donors (Lipinski definition) is 1. The maximum atomic E-state index is 12.7. The van der Waals surface area contributed by atoms with Crippen LogP contribution in [0.1, 0.15) is 43.5 Å². The molecule has 3 heterocycles. The molecule has 2 fully saturated rings. The van der Waals surface area contributed by atoms with Crippen LogP contribution < -0.4 is 10.2 Å². The number of carbonyl (C=O) groups excluding carboxylic acids is 1. The highest BCUT2D eigenvalue weighted by molar-refractivity contribution is 5.98. The summed E-state index contributed by atoms with van der Waals surface area (Å²) in [6.45, 7) is 9.20. The van der Waals surface area contributed by atoms with Gasteiger partial charge >= 0.3 is 0 Å². The predicted molar refractivity (Wildman–Crippen MR) is 99.1 cm³/mol. The van der Waals surface area contributed by atoms with Crippen molar-refractivity contribution < 1.29 is 9.53 Å². The highest BCUT2D eigenvalue weighted by Crippen LogP contribution is 2.20. The Kier molecular flexibility index (Phi) is 6.26. The number of morpholine rings is 1. The van der Waals surface area contributed by atoms with E-state index in [2.05, 4.69) is 33.9 Å². The van der Waals surface area contributed by atoms with Gasteiger partial charge in [0, 0.05) is 37.9 Å². The molecule has 0 aliphatic carbocycles. The summed E-state index contributed by atoms with van der Waals surface area (Å²) >= 11 is 0. The number of aromatic nitrogens is 1. The van der Waals surface area contributed by atoms with E-state index in [1.54, 1.807) is 6.20 Å². The number of carbonyl (C=O) groups is 1. The van der Waals surface area contributed by atoms with Gasteiger partial charge < -0.3 is 15.0 Å². The van der Waals surface area contributed by atoms with Crippen molar-refractivity contribution in [3.05, 3.63) is 23.9 Å². The number of pyridine rings is 1. The molecule has 1 N–H and O–H groups in total. The summed E-state index contributed by atoms with van der Waals surface area (Å²) in [5.74, 6) is 0.730. The molecule has 0 spiro atoms. The lowest BCUT2D eigenvalue weighted by Crippen LogP contribution is -2.48. The SMILES string of the molecule is C[C@@H]1CCCCN1[C@@H](C)CNC(=O)c1cccnc1N1CCOCC1. The van der Waals surface area contributed by atoms with Crippen molar-refractivity contribution in [2.45, 2.75) is 45.2 Å². The van der Waals surface area contributed by atoms with E-state index in [0.29, 0.717) is 37.4 Å². The smallest absolute Gasteiger partial charge is 0.255 e. The van der Waals surface area contributed by atoms with E-state index in [4.69, 9.17) is 4.74 Å². The Morgan fingerprint density at radius 2 is 2.16 bits per heavy atom. The molecule has 0 aromatic carbocycles. The minimum absolute atomic E-state index is 0.0360. The molecule has 0 unspecified atom stereocenters. The Morgan fingerprint density at radius 3 is 2.92 bits per heavy atom. The van der Waals surface area contributed by atoms with E-state index >= 15 is 0 Å². The summed E-state index contributed by atoms with van der Waals surface area (Å²) in [5, 5.41) is 3.12. The summed E-state index contributed by atoms with van der Waals surface area (Å²) < 4.78 is 5.40. The number of nitrogens with one attached hydrogen (secondary N) is 1. The fraction of sp³-hybridized carbons (Fsp3) is 0.684. The van der Waals surface area contributed by atoms with Crippen LogP contribution >= 0.6 is 0 Å². The first kappa shape index (κ1) is 18.1. The molecule has 0 saturated carbocycles. The highest BCUT2D eigenvalue weighted by atomic mass is 16.5. The molecule has 2 aliphatic heterocycles. The number of nitrogens with zero attached hydrogens (tertiary/aromatic N) is 3. The number of amides is 1. The first-order chi connectivity index (χ1) is 12.2. The Bertz CT molecular complexity index is 574. The van der Waals surface area contributed by atoms with Gasteiger partial charge in [0.15, 0.2) is 0 Å². The zero-order valence-corrected chi connectivity index (χ0v) is 15.4. The van der Waals surface area contributed by atoms with Gasteiger partial charge in [0.1, 0.15) is 5.82 Å². The minimum atomic E-state index is -0.0360. The maximum absolute atomic E-state index is 12.7. The zero-order chi connectivity index (χ0) is 17.6. The van der Waals surface area contributed by atoms with Crippen LogP contribution in [0.2, 0.25) is 0 Å². The van der Waals surface area contributed by atoms with Crippen LogP contribution in [-0.4, -0.2) is 67.3 Å². The molecule has 2 atom stereocenters. The Labute approximate surface area is 150 Å². The molecule has 0 radical (unpaired) electrons. The molecule has 3 rings (SSSR count). The molecule has 6 heteroatoms. The van der Waals surface area contributed by atoms with Crippen molar-refractivity contribution in [1.82, 2.24) is 15.2 Å². The second kappa shape index (κ2) is 8.63. The van der Waals surface area contributed by atoms with Gasteiger partial charge in [0.05, 0.1) is 18.8 Å². The van der Waals surface area contributed by atoms with Crippen LogP contribution in [0.15, 0.2) is 18.3 Å². The fourth-order valence-corrected chi connectivity index (χ4v) is 3.83. The van der Waals surface area contributed by atoms with Crippen molar-refractivity contribution in [2.75, 3.05) is 44.3 Å². The molecule has 25 heavy (non-hydrogen) atoms. The Morgan fingerprint density at radius 1 is 1.36 bits per heavy atom. The van der Waals surface area contributed by atoms with E-state index in [0.717, 1.165) is 25.5 Å². The third-order valence-corrected chi connectivity index (χ3v) is 5.32. The molecule has 138 valence electrons. The van der Waals surface area contributed by atoms with Gasteiger partial charge in [-0.2, -0.15) is 0 Å². The number of likely N-dealkylation sites (tertiary alicyclic amines) is 1. The molecular weight excluding hydrogens is 316 g/mol. The summed E-state index contributed by atoms with van der Waals surface area (Å²) in [5.41, 5.74) is 0.656. The highest BCUT2D eigenvalue weighted by Gasteiger charge is 2.24. The number of hydrogen-bond acceptors (Lipinski definition) is 5. The topological polar surface area (TPSA) is 57.7 Å². The minimum Gasteiger partial charge on any atom is -0.378 e. The average Bonchev–Trinajstić information content (AvgIpc) is 2.67. The lowest BCUT2D eigenvalue weighted by molar-refractivity contribution is 0.0885. The van der Waals surface area contributed by atoms with Gasteiger partial charge in [-0.25, -0.2) is 4.98 Å². The summed E-state index contributed by atoms with van der Waals surface area (Å²) in [6, 6.07) is 4.64. The third kappa shape index (κ3) is 4.50. The Hall–Kier alpha value is -1.66. The van der Waals surface area contributed by atoms with Crippen molar-refractivity contribution in [3.63, 3.8) is 0 Å². The second-order valence-corrected chi connectivity index (χ2v) is 7.12. The van der Waals surface area contributed by atoms with Gasteiger partial charge in [-0.15, -0.1) is 0 Å². The van der Waals surface area contributed by atoms with Crippen LogP contribution in [0, 0.1) is 0 Å². The molecule has 0 bridgehead atoms. The summed E-state index contributed by atoms with van der Waals surface area (Å²) in [6.07, 6.45) is 5.57. The number of ether oxygens (including phenoxy) is 1. The van der Waals surface area contributed by atoms with Gasteiger partial charge in [-0.05, 0) is 45.4 Å². The largest absolute Gasteiger partial charge is 0.378 e. The second-order valence-electron chi connectivity index (χ2n) is 7.12. The monoisotopic (exact) mass is 346 g/mol. The quantitative estimate of drug-likeness (QED) is 0.883. The standard InChI is InChI=1S/C19H30N4O2/c1-15-6-3-4-9-23(15)16(2)14-21-19(24)17-7-5-8-20-18(17)22-10-12-25-13-11-22/h5,7-8,15-16H,3-4,6,9-14H2,1-2H3,(H,21,24)/t15-,16+/m1/s1. The van der Waals surface area contributed by atoms with Crippen LogP contribution in [-0.2, 0) is 4.74 Å². The zero-order valence-electron chi connectivity index (χ0n) is 15.4. The molecular formula is C19H30N4O2. The first-order valence-corrected chi connectivity index (χ1v) is 9.48. The van der Waals surface area contributed by atoms with Crippen LogP contribution in [0.5, 0.6) is 0 Å². The normalized spacial score (nSPS) is 23.3. The van der Waals surface area contributed by atoms with E-state index in [9.17, 15) is 4.79 Å². The average molecular weight is 346 g/mol. The number of anilines is 1. The van der Waals surface area contributed by atoms with Crippen LogP contribution in [0.3, 0.4) is 0 Å². The van der Waals surface area contributed by atoms with Crippen molar-refractivity contribution in [1.29, 1.82) is 0 Å². The summed E-state index contributed by atoms with van der Waals surface area (Å²) in [7, 11) is 0. The van der Waals surface area contributed by atoms with Crippen LogP contribution in [0.4, 0.5) is 5.82 Å². The number of rotatable bonds is 5. The van der Waals surface area contributed by atoms with Gasteiger partial charge in [0.2, 0.25) is 0 Å². The van der Waals surface area contributed by atoms with Gasteiger partial charge in [-0.1, -0.05) is 6.42 Å². The molecule has 1 aromatic heterocycles. The first-order valence-electron chi connectivity index (χ1n) is 9.48. The van der Waals surface area contributed by atoms with E-state index in [1.165, 1.54) is 19.3 Å². The third-order valence-electron chi connectivity index (χ3n) is 5.32. The lowest BCUT2D eigenvalue weighted by atomic mass is 10.0. The van der Waals surface area contributed by atoms with Crippen molar-refractivity contribution >= 4 is 11.7 Å². The van der Waals surface area contributed by atoms with Crippen molar-refractivity contribution in [2.24, 2.45) is 0 Å². The van der Waals surface area contributed by atoms with Gasteiger partial charge in [0.25, 0.3) is 5.91 Å². The van der Waals surface area contributed by atoms with Gasteiger partial charge in [-0.3, -0.25) is 9.69 Å². The maximum Gasteiger partial charge on any atom is 0.255 e. The fourth-order valence-electron chi connectivity index (χ4n) is 3.83. The van der Waals surface area contributed by atoms with E-state index < -0.39 is 0 Å². The number of piperidine rings is 1. The predicted octanol–water partition coefficient (Wildman–Crippen LogP) is 1.91. The molecule has 1 aromatic rings. The lowest BCUT2D eigenvalue weighted by Gasteiger charge is -2.38. The van der Waals surface area contributed by atoms with Crippen molar-refractivity contribution in [3.8, 4) is 0 Å². The van der Waals surface area contributed by atoms with E-state index in [-0.39, 0.29) is 5.91 Å². The Balaban J connectivity index is 1.61.